The lowest BCUT2D eigenvalue weighted by molar-refractivity contribution is 0.476. The van der Waals surface area contributed by atoms with Gasteiger partial charge in [0.2, 0.25) is 0 Å². The monoisotopic (exact) mass is 485 g/mol. The molecule has 0 saturated heterocycles. The second-order valence-corrected chi connectivity index (χ2v) is 9.82. The van der Waals surface area contributed by atoms with Crippen LogP contribution in [0.4, 0.5) is 0 Å². The fourth-order valence-electron chi connectivity index (χ4n) is 5.78. The molecule has 0 bridgehead atoms. The van der Waals surface area contributed by atoms with Gasteiger partial charge in [-0.25, -0.2) is 0 Å². The number of para-hydroxylation sites is 3. The van der Waals surface area contributed by atoms with Crippen molar-refractivity contribution in [3.63, 3.8) is 0 Å². The molecule has 38 heavy (non-hydrogen) atoms. The van der Waals surface area contributed by atoms with Crippen LogP contribution in [0.25, 0.3) is 60.9 Å². The van der Waals surface area contributed by atoms with Gasteiger partial charge in [-0.05, 0) is 75.8 Å². The Morgan fingerprint density at radius 3 is 1.74 bits per heavy atom. The molecular formula is C36H23NO. The first-order valence-corrected chi connectivity index (χ1v) is 12.9. The van der Waals surface area contributed by atoms with Crippen molar-refractivity contribution in [2.75, 3.05) is 0 Å². The number of nitrogens with zero attached hydrogens (tertiary/aromatic N) is 1. The van der Waals surface area contributed by atoms with Crippen LogP contribution in [0.15, 0.2) is 140 Å². The summed E-state index contributed by atoms with van der Waals surface area (Å²) < 4.78 is 8.62. The predicted octanol–water partition coefficient (Wildman–Crippen LogP) is 9.89. The third-order valence-corrected chi connectivity index (χ3v) is 7.58. The molecule has 0 saturated carbocycles. The van der Waals surface area contributed by atoms with E-state index in [0.29, 0.717) is 0 Å². The molecule has 0 unspecified atom stereocenters. The number of fused-ring (bicyclic) bond motifs is 5. The van der Waals surface area contributed by atoms with Crippen LogP contribution in [0.5, 0.6) is 11.5 Å². The van der Waals surface area contributed by atoms with Crippen molar-refractivity contribution >= 4 is 21.8 Å². The van der Waals surface area contributed by atoms with Crippen molar-refractivity contribution < 1.29 is 4.74 Å². The lowest BCUT2D eigenvalue weighted by Crippen LogP contribution is -2.03. The molecule has 2 nitrogen and oxygen atoms in total. The molecule has 0 aliphatic carbocycles. The predicted molar refractivity (Wildman–Crippen MR) is 157 cm³/mol. The van der Waals surface area contributed by atoms with Crippen LogP contribution in [0, 0.1) is 0 Å². The van der Waals surface area contributed by atoms with Crippen LogP contribution in [0.2, 0.25) is 0 Å². The van der Waals surface area contributed by atoms with Crippen LogP contribution < -0.4 is 4.74 Å². The Morgan fingerprint density at radius 2 is 0.974 bits per heavy atom. The number of hydrogen-bond donors (Lipinski definition) is 0. The Bertz CT molecular complexity index is 2000. The summed E-state index contributed by atoms with van der Waals surface area (Å²) in [7, 11) is 0. The van der Waals surface area contributed by atoms with Gasteiger partial charge in [-0.2, -0.15) is 0 Å². The summed E-state index contributed by atoms with van der Waals surface area (Å²) in [6.07, 6.45) is 0. The minimum Gasteiger partial charge on any atom is -0.453 e. The van der Waals surface area contributed by atoms with Gasteiger partial charge in [0.05, 0.1) is 16.7 Å². The Morgan fingerprint density at radius 1 is 0.395 bits per heavy atom. The van der Waals surface area contributed by atoms with Gasteiger partial charge in [0.25, 0.3) is 0 Å². The number of ether oxygens (including phenoxy) is 1. The van der Waals surface area contributed by atoms with Gasteiger partial charge in [-0.15, -0.1) is 0 Å². The van der Waals surface area contributed by atoms with E-state index in [0.717, 1.165) is 22.7 Å². The fraction of sp³-hybridized carbons (Fsp3) is 0. The Kier molecular flexibility index (Phi) is 4.55. The minimum atomic E-state index is 0.888. The summed E-state index contributed by atoms with van der Waals surface area (Å²) in [6.45, 7) is 0. The van der Waals surface area contributed by atoms with Crippen LogP contribution in [0.1, 0.15) is 0 Å². The van der Waals surface area contributed by atoms with E-state index in [4.69, 9.17) is 4.74 Å². The SMILES string of the molecule is c1ccc(-c2cccc(-c3cccc(-c4ccc5c(c4)c4cccc6c4n5-c4ccccc4O6)c3)c2)cc1. The molecule has 0 atom stereocenters. The van der Waals surface area contributed by atoms with Gasteiger partial charge >= 0.3 is 0 Å². The topological polar surface area (TPSA) is 14.2 Å². The Labute approximate surface area is 221 Å². The lowest BCUT2D eigenvalue weighted by Gasteiger charge is -2.20. The highest BCUT2D eigenvalue weighted by atomic mass is 16.5. The van der Waals surface area contributed by atoms with E-state index >= 15 is 0 Å². The second kappa shape index (κ2) is 8.22. The molecule has 0 fully saturated rings. The molecule has 2 heteroatoms. The number of rotatable bonds is 3. The first-order chi connectivity index (χ1) is 18.8. The van der Waals surface area contributed by atoms with E-state index < -0.39 is 0 Å². The normalized spacial score (nSPS) is 11.9. The number of hydrogen-bond acceptors (Lipinski definition) is 1. The summed E-state index contributed by atoms with van der Waals surface area (Å²) >= 11 is 0. The first-order valence-electron chi connectivity index (χ1n) is 12.9. The number of benzene rings is 6. The van der Waals surface area contributed by atoms with E-state index in [1.807, 2.05) is 12.1 Å². The van der Waals surface area contributed by atoms with Crippen LogP contribution in [-0.2, 0) is 0 Å². The van der Waals surface area contributed by atoms with Crippen LogP contribution >= 0.6 is 0 Å². The van der Waals surface area contributed by atoms with Gasteiger partial charge < -0.3 is 9.30 Å². The lowest BCUT2D eigenvalue weighted by atomic mass is 9.96. The molecule has 0 amide bonds. The van der Waals surface area contributed by atoms with E-state index in [2.05, 4.69) is 132 Å². The molecule has 1 aliphatic heterocycles. The quantitative estimate of drug-likeness (QED) is 0.243. The summed E-state index contributed by atoms with van der Waals surface area (Å²) in [5, 5.41) is 2.44. The maximum atomic E-state index is 6.28. The van der Waals surface area contributed by atoms with E-state index in [1.165, 1.54) is 49.7 Å². The molecule has 2 heterocycles. The summed E-state index contributed by atoms with van der Waals surface area (Å²) in [5.41, 5.74) is 10.7. The van der Waals surface area contributed by atoms with Gasteiger partial charge in [0.15, 0.2) is 11.5 Å². The van der Waals surface area contributed by atoms with E-state index in [1.54, 1.807) is 0 Å². The standard InChI is InChI=1S/C36H23NO/c1-2-9-24(10-3-1)25-11-6-12-26(21-25)27-13-7-14-28(22-27)29-19-20-32-31(23-29)30-15-8-18-35-36(30)37(32)33-16-4-5-17-34(33)38-35/h1-23H. The zero-order chi connectivity index (χ0) is 25.1. The van der Waals surface area contributed by atoms with Crippen molar-refractivity contribution in [3.05, 3.63) is 140 Å². The van der Waals surface area contributed by atoms with Crippen molar-refractivity contribution in [2.24, 2.45) is 0 Å². The van der Waals surface area contributed by atoms with Gasteiger partial charge in [-0.1, -0.05) is 97.1 Å². The Hall–Kier alpha value is -5.08. The molecule has 1 aromatic heterocycles. The average molecular weight is 486 g/mol. The maximum Gasteiger partial charge on any atom is 0.152 e. The zero-order valence-corrected chi connectivity index (χ0v) is 20.6. The van der Waals surface area contributed by atoms with Crippen molar-refractivity contribution in [1.29, 1.82) is 0 Å². The third-order valence-electron chi connectivity index (χ3n) is 7.58. The highest BCUT2D eigenvalue weighted by Crippen LogP contribution is 2.45. The highest BCUT2D eigenvalue weighted by molar-refractivity contribution is 6.13. The molecular weight excluding hydrogens is 462 g/mol. The third kappa shape index (κ3) is 3.21. The second-order valence-electron chi connectivity index (χ2n) is 9.82. The molecule has 178 valence electrons. The molecule has 1 aliphatic rings. The fourth-order valence-corrected chi connectivity index (χ4v) is 5.78. The molecule has 0 radical (unpaired) electrons. The highest BCUT2D eigenvalue weighted by Gasteiger charge is 2.23. The van der Waals surface area contributed by atoms with Crippen molar-refractivity contribution in [3.8, 4) is 50.6 Å². The average Bonchev–Trinajstić information content (AvgIpc) is 3.33. The molecule has 0 N–H and O–H groups in total. The smallest absolute Gasteiger partial charge is 0.152 e. The molecule has 6 aromatic carbocycles. The minimum absolute atomic E-state index is 0.888. The van der Waals surface area contributed by atoms with E-state index in [-0.39, 0.29) is 0 Å². The van der Waals surface area contributed by atoms with Gasteiger partial charge in [-0.3, -0.25) is 0 Å². The summed E-state index contributed by atoms with van der Waals surface area (Å²) in [4.78, 5) is 0. The zero-order valence-electron chi connectivity index (χ0n) is 20.6. The number of aromatic nitrogens is 1. The van der Waals surface area contributed by atoms with Crippen molar-refractivity contribution in [2.45, 2.75) is 0 Å². The van der Waals surface area contributed by atoms with Gasteiger partial charge in [0.1, 0.15) is 0 Å². The van der Waals surface area contributed by atoms with Crippen LogP contribution in [0.3, 0.4) is 0 Å². The Balaban J connectivity index is 1.27. The maximum absolute atomic E-state index is 6.28. The van der Waals surface area contributed by atoms with Gasteiger partial charge in [0, 0.05) is 10.8 Å². The van der Waals surface area contributed by atoms with E-state index in [9.17, 15) is 0 Å². The summed E-state index contributed by atoms with van der Waals surface area (Å²) in [5.74, 6) is 1.79. The van der Waals surface area contributed by atoms with Crippen molar-refractivity contribution in [1.82, 2.24) is 4.57 Å². The first kappa shape index (κ1) is 21.0. The molecule has 7 aromatic rings. The molecule has 0 spiro atoms. The summed E-state index contributed by atoms with van der Waals surface area (Å²) in [6, 6.07) is 49.6. The van der Waals surface area contributed by atoms with Crippen LogP contribution in [-0.4, -0.2) is 4.57 Å². The largest absolute Gasteiger partial charge is 0.453 e. The molecule has 8 rings (SSSR count).